The average Bonchev–Trinajstić information content (AvgIpc) is 3.17. The van der Waals surface area contributed by atoms with E-state index in [1.165, 1.54) is 24.0 Å². The highest BCUT2D eigenvalue weighted by atomic mass is 32.2. The van der Waals surface area contributed by atoms with Gasteiger partial charge in [-0.25, -0.2) is 8.78 Å². The van der Waals surface area contributed by atoms with E-state index in [-0.39, 0.29) is 48.4 Å². The van der Waals surface area contributed by atoms with Crippen molar-refractivity contribution in [3.05, 3.63) is 123 Å². The largest absolute Gasteiger partial charge is 0.481 e. The number of morpholine rings is 1. The van der Waals surface area contributed by atoms with E-state index in [1.54, 1.807) is 34.0 Å². The third-order valence-corrected chi connectivity index (χ3v) is 8.74. The van der Waals surface area contributed by atoms with Crippen LogP contribution in [0.1, 0.15) is 38.9 Å². The van der Waals surface area contributed by atoms with Crippen molar-refractivity contribution in [1.82, 2.24) is 14.6 Å². The van der Waals surface area contributed by atoms with Gasteiger partial charge in [0.15, 0.2) is 23.1 Å². The molecule has 1 amide bonds. The van der Waals surface area contributed by atoms with Crippen molar-refractivity contribution in [1.29, 1.82) is 0 Å². The number of ether oxygens (including phenoxy) is 2. The zero-order valence-electron chi connectivity index (χ0n) is 21.7. The Morgan fingerprint density at radius 2 is 1.88 bits per heavy atom. The molecule has 5 heterocycles. The van der Waals surface area contributed by atoms with Crippen LogP contribution in [0, 0.1) is 11.6 Å². The molecule has 208 valence electrons. The highest BCUT2D eigenvalue weighted by Gasteiger charge is 2.46. The Kier molecular flexibility index (Phi) is 6.47. The van der Waals surface area contributed by atoms with Gasteiger partial charge in [-0.3, -0.25) is 24.3 Å². The van der Waals surface area contributed by atoms with Crippen molar-refractivity contribution in [2.24, 2.45) is 0 Å². The molecule has 8 nitrogen and oxygen atoms in total. The van der Waals surface area contributed by atoms with E-state index in [1.807, 2.05) is 35.3 Å². The summed E-state index contributed by atoms with van der Waals surface area (Å²) in [6, 6.07) is 16.5. The lowest BCUT2D eigenvalue weighted by molar-refractivity contribution is -0.0199. The molecule has 2 atom stereocenters. The molecule has 0 radical (unpaired) electrons. The number of amides is 1. The van der Waals surface area contributed by atoms with Crippen LogP contribution in [0.4, 0.5) is 8.78 Å². The maximum Gasteiger partial charge on any atom is 0.278 e. The number of fused-ring (bicyclic) bond motifs is 4. The first-order valence-corrected chi connectivity index (χ1v) is 14.2. The molecule has 11 heteroatoms. The summed E-state index contributed by atoms with van der Waals surface area (Å²) in [5.74, 6) is -2.04. The molecular formula is C30H24F2N4O4S. The Balaban J connectivity index is 1.45. The number of hydrogen-bond donors (Lipinski definition) is 0. The minimum atomic E-state index is -0.917. The van der Waals surface area contributed by atoms with Gasteiger partial charge in [-0.1, -0.05) is 30.3 Å². The fourth-order valence-electron chi connectivity index (χ4n) is 5.74. The number of carbonyl (C=O) groups is 1. The molecule has 3 aliphatic rings. The van der Waals surface area contributed by atoms with Gasteiger partial charge in [0.2, 0.25) is 5.43 Å². The van der Waals surface area contributed by atoms with Gasteiger partial charge in [0.25, 0.3) is 5.91 Å². The Morgan fingerprint density at radius 3 is 2.73 bits per heavy atom. The number of aromatic nitrogens is 2. The first-order chi connectivity index (χ1) is 20.0. The minimum absolute atomic E-state index is 0.0108. The highest BCUT2D eigenvalue weighted by Crippen LogP contribution is 2.45. The molecule has 0 unspecified atom stereocenters. The van der Waals surface area contributed by atoms with Gasteiger partial charge >= 0.3 is 0 Å². The smallest absolute Gasteiger partial charge is 0.278 e. The number of carbonyl (C=O) groups excluding carboxylic acids is 1. The quantitative estimate of drug-likeness (QED) is 0.361. The third-order valence-electron chi connectivity index (χ3n) is 7.62. The summed E-state index contributed by atoms with van der Waals surface area (Å²) in [7, 11) is 0. The van der Waals surface area contributed by atoms with E-state index < -0.39 is 29.3 Å². The lowest BCUT2D eigenvalue weighted by Gasteiger charge is -2.51. The molecule has 0 saturated carbocycles. The molecule has 7 rings (SSSR count). The molecule has 0 N–H and O–H groups in total. The number of halogens is 2. The van der Waals surface area contributed by atoms with Crippen LogP contribution in [0.25, 0.3) is 0 Å². The predicted molar refractivity (Wildman–Crippen MR) is 147 cm³/mol. The number of thioether (sulfide) groups is 1. The molecule has 2 aromatic heterocycles. The normalized spacial score (nSPS) is 19.5. The van der Waals surface area contributed by atoms with Gasteiger partial charge in [0.05, 0.1) is 24.9 Å². The van der Waals surface area contributed by atoms with E-state index in [2.05, 4.69) is 4.98 Å². The molecule has 1 saturated heterocycles. The van der Waals surface area contributed by atoms with E-state index in [0.717, 1.165) is 16.5 Å². The van der Waals surface area contributed by atoms with Crippen molar-refractivity contribution in [2.45, 2.75) is 29.5 Å². The molecule has 1 fully saturated rings. The van der Waals surface area contributed by atoms with Gasteiger partial charge < -0.3 is 14.4 Å². The van der Waals surface area contributed by atoms with Gasteiger partial charge in [0.1, 0.15) is 12.8 Å². The van der Waals surface area contributed by atoms with Crippen molar-refractivity contribution in [3.63, 3.8) is 0 Å². The van der Waals surface area contributed by atoms with Crippen molar-refractivity contribution in [3.8, 4) is 5.75 Å². The number of nitrogens with zero attached hydrogens (tertiary/aromatic N) is 4. The summed E-state index contributed by atoms with van der Waals surface area (Å²) in [6.07, 6.45) is 2.57. The summed E-state index contributed by atoms with van der Waals surface area (Å²) in [5.41, 5.74) is 1.90. The van der Waals surface area contributed by atoms with Crippen molar-refractivity contribution >= 4 is 17.7 Å². The molecule has 2 aromatic carbocycles. The van der Waals surface area contributed by atoms with E-state index in [4.69, 9.17) is 9.47 Å². The Morgan fingerprint density at radius 1 is 1.02 bits per heavy atom. The summed E-state index contributed by atoms with van der Waals surface area (Å²) >= 11 is 1.43. The zero-order valence-corrected chi connectivity index (χ0v) is 22.5. The number of benzene rings is 2. The summed E-state index contributed by atoms with van der Waals surface area (Å²) in [5, 5.41) is 1.92. The SMILES string of the molecule is O=C1c2c(OCc3ccccn3)c(=O)ccn2N([C@@H]2c3ccccc3SCc3c2ccc(F)c3F)[C@@H]2COCCN12. The monoisotopic (exact) mass is 574 g/mol. The van der Waals surface area contributed by atoms with Crippen LogP contribution < -0.4 is 15.2 Å². The second kappa shape index (κ2) is 10.3. The van der Waals surface area contributed by atoms with Crippen molar-refractivity contribution < 1.29 is 23.0 Å². The second-order valence-electron chi connectivity index (χ2n) is 9.90. The molecule has 0 spiro atoms. The van der Waals surface area contributed by atoms with Crippen LogP contribution in [0.15, 0.2) is 82.7 Å². The number of rotatable bonds is 4. The van der Waals surface area contributed by atoms with E-state index >= 15 is 4.39 Å². The average molecular weight is 575 g/mol. The predicted octanol–water partition coefficient (Wildman–Crippen LogP) is 4.25. The Bertz CT molecular complexity index is 1720. The van der Waals surface area contributed by atoms with Gasteiger partial charge in [0, 0.05) is 41.2 Å². The van der Waals surface area contributed by atoms with Gasteiger partial charge in [-0.2, -0.15) is 0 Å². The van der Waals surface area contributed by atoms with Crippen LogP contribution in [0.3, 0.4) is 0 Å². The highest BCUT2D eigenvalue weighted by molar-refractivity contribution is 7.98. The first-order valence-electron chi connectivity index (χ1n) is 13.2. The van der Waals surface area contributed by atoms with Crippen LogP contribution in [-0.2, 0) is 17.1 Å². The first kappa shape index (κ1) is 25.7. The molecular weight excluding hydrogens is 550 g/mol. The Hall–Kier alpha value is -4.22. The fourth-order valence-corrected chi connectivity index (χ4v) is 6.85. The van der Waals surface area contributed by atoms with Crippen LogP contribution >= 0.6 is 11.8 Å². The molecule has 0 bridgehead atoms. The van der Waals surface area contributed by atoms with E-state index in [0.29, 0.717) is 17.9 Å². The second-order valence-corrected chi connectivity index (χ2v) is 10.9. The van der Waals surface area contributed by atoms with Crippen molar-refractivity contribution in [2.75, 3.05) is 24.8 Å². The van der Waals surface area contributed by atoms with Crippen LogP contribution in [-0.4, -0.2) is 46.4 Å². The van der Waals surface area contributed by atoms with E-state index in [9.17, 15) is 14.0 Å². The number of pyridine rings is 2. The zero-order chi connectivity index (χ0) is 28.1. The topological polar surface area (TPSA) is 76.9 Å². The summed E-state index contributed by atoms with van der Waals surface area (Å²) in [6.45, 7) is 0.788. The fraction of sp³-hybridized carbons (Fsp3) is 0.233. The maximum atomic E-state index is 15.3. The minimum Gasteiger partial charge on any atom is -0.481 e. The molecule has 3 aliphatic heterocycles. The van der Waals surface area contributed by atoms with Gasteiger partial charge in [-0.05, 0) is 35.4 Å². The van der Waals surface area contributed by atoms with Gasteiger partial charge in [-0.15, -0.1) is 11.8 Å². The molecule has 0 aliphatic carbocycles. The standard InChI is InChI=1S/C30H24F2N4O4S/c31-22-9-8-19-21(26(22)32)17-41-24-7-2-1-6-20(24)27(19)36-25-16-39-14-13-34(25)30(38)28-29(23(37)10-12-35(28)36)40-15-18-5-3-4-11-33-18/h1-12,25,27H,13-17H2/t25-,27+/m1/s1. The lowest BCUT2D eigenvalue weighted by Crippen LogP contribution is -2.66. The molecule has 4 aromatic rings. The molecule has 41 heavy (non-hydrogen) atoms. The summed E-state index contributed by atoms with van der Waals surface area (Å²) in [4.78, 5) is 34.0. The summed E-state index contributed by atoms with van der Waals surface area (Å²) < 4.78 is 43.3. The number of hydrogen-bond acceptors (Lipinski definition) is 7. The van der Waals surface area contributed by atoms with Crippen LogP contribution in [0.5, 0.6) is 5.75 Å². The lowest BCUT2D eigenvalue weighted by atomic mass is 9.93. The maximum absolute atomic E-state index is 15.3. The Labute approximate surface area is 238 Å². The van der Waals surface area contributed by atoms with Crippen LogP contribution in [0.2, 0.25) is 0 Å². The third kappa shape index (κ3) is 4.27.